The molecule has 0 aliphatic rings. The van der Waals surface area contributed by atoms with Crippen LogP contribution in [0.15, 0.2) is 48.8 Å². The molecule has 0 bridgehead atoms. The lowest BCUT2D eigenvalue weighted by atomic mass is 9.90. The Morgan fingerprint density at radius 1 is 1.12 bits per heavy atom. The summed E-state index contributed by atoms with van der Waals surface area (Å²) in [5.74, 6) is -0.0213. The van der Waals surface area contributed by atoms with Gasteiger partial charge in [0.2, 0.25) is 0 Å². The van der Waals surface area contributed by atoms with Crippen LogP contribution in [-0.2, 0) is 0 Å². The molecule has 1 aromatic heterocycles. The Balaban J connectivity index is 2.33. The van der Waals surface area contributed by atoms with Crippen LogP contribution in [0.2, 0.25) is 0 Å². The minimum absolute atomic E-state index is 0.189. The third-order valence-electron chi connectivity index (χ3n) is 2.65. The molecule has 81 valence electrons. The Labute approximate surface area is 95.0 Å². The number of aromatic nitrogens is 1. The zero-order valence-corrected chi connectivity index (χ0v) is 8.94. The van der Waals surface area contributed by atoms with Gasteiger partial charge in [0.25, 0.3) is 0 Å². The molecule has 0 saturated carbocycles. The standard InChI is InChI=1S/C14H13FN/c1-2-14(12-4-3-9-16-10-12)11-5-7-13(15)8-6-11/h3-10,14H,1-2H2. The average molecular weight is 214 g/mol. The molecule has 2 rings (SSSR count). The number of benzene rings is 1. The molecule has 1 nitrogen and oxygen atoms in total. The van der Waals surface area contributed by atoms with Gasteiger partial charge in [-0.3, -0.25) is 4.98 Å². The van der Waals surface area contributed by atoms with Crippen molar-refractivity contribution in [3.05, 3.63) is 72.7 Å². The summed E-state index contributed by atoms with van der Waals surface area (Å²) in [5, 5.41) is 0. The van der Waals surface area contributed by atoms with Gasteiger partial charge in [-0.1, -0.05) is 25.1 Å². The topological polar surface area (TPSA) is 12.9 Å². The van der Waals surface area contributed by atoms with Crippen molar-refractivity contribution in [3.63, 3.8) is 0 Å². The molecule has 0 aliphatic heterocycles. The highest BCUT2D eigenvalue weighted by Crippen LogP contribution is 2.26. The molecule has 16 heavy (non-hydrogen) atoms. The van der Waals surface area contributed by atoms with Crippen LogP contribution in [0.3, 0.4) is 0 Å². The van der Waals surface area contributed by atoms with Crippen molar-refractivity contribution in [2.24, 2.45) is 0 Å². The molecule has 0 fully saturated rings. The Hall–Kier alpha value is -1.70. The van der Waals surface area contributed by atoms with Gasteiger partial charge in [0.1, 0.15) is 5.82 Å². The van der Waals surface area contributed by atoms with Gasteiger partial charge in [-0.15, -0.1) is 0 Å². The van der Waals surface area contributed by atoms with E-state index < -0.39 is 0 Å². The van der Waals surface area contributed by atoms with Gasteiger partial charge in [0, 0.05) is 18.3 Å². The van der Waals surface area contributed by atoms with Crippen LogP contribution in [0.1, 0.15) is 23.5 Å². The second kappa shape index (κ2) is 4.88. The van der Waals surface area contributed by atoms with Crippen LogP contribution in [0.4, 0.5) is 4.39 Å². The molecular weight excluding hydrogens is 201 g/mol. The van der Waals surface area contributed by atoms with Crippen molar-refractivity contribution in [1.29, 1.82) is 0 Å². The maximum Gasteiger partial charge on any atom is 0.123 e. The van der Waals surface area contributed by atoms with E-state index in [0.717, 1.165) is 17.5 Å². The highest BCUT2D eigenvalue weighted by molar-refractivity contribution is 5.31. The van der Waals surface area contributed by atoms with Gasteiger partial charge in [0.15, 0.2) is 0 Å². The smallest absolute Gasteiger partial charge is 0.123 e. The van der Waals surface area contributed by atoms with E-state index in [9.17, 15) is 4.39 Å². The number of nitrogens with zero attached hydrogens (tertiary/aromatic N) is 1. The fourth-order valence-corrected chi connectivity index (χ4v) is 1.80. The van der Waals surface area contributed by atoms with Crippen molar-refractivity contribution < 1.29 is 4.39 Å². The monoisotopic (exact) mass is 214 g/mol. The maximum absolute atomic E-state index is 12.8. The molecule has 1 aromatic carbocycles. The summed E-state index contributed by atoms with van der Waals surface area (Å²) < 4.78 is 12.8. The largest absolute Gasteiger partial charge is 0.264 e. The van der Waals surface area contributed by atoms with Crippen molar-refractivity contribution in [2.45, 2.75) is 12.3 Å². The predicted molar refractivity (Wildman–Crippen MR) is 62.5 cm³/mol. The average Bonchev–Trinajstić information content (AvgIpc) is 2.34. The normalized spacial score (nSPS) is 12.4. The van der Waals surface area contributed by atoms with Crippen LogP contribution >= 0.6 is 0 Å². The zero-order chi connectivity index (χ0) is 11.4. The third kappa shape index (κ3) is 2.27. The fraction of sp³-hybridized carbons (Fsp3) is 0.143. The molecule has 0 N–H and O–H groups in total. The fourth-order valence-electron chi connectivity index (χ4n) is 1.80. The van der Waals surface area contributed by atoms with Crippen molar-refractivity contribution in [1.82, 2.24) is 4.98 Å². The first-order valence-electron chi connectivity index (χ1n) is 5.26. The van der Waals surface area contributed by atoms with E-state index in [1.165, 1.54) is 12.1 Å². The minimum atomic E-state index is -0.210. The van der Waals surface area contributed by atoms with E-state index >= 15 is 0 Å². The quantitative estimate of drug-likeness (QED) is 0.761. The van der Waals surface area contributed by atoms with E-state index in [1.807, 2.05) is 18.3 Å². The summed E-state index contributed by atoms with van der Waals surface area (Å²) in [4.78, 5) is 4.09. The summed E-state index contributed by atoms with van der Waals surface area (Å²) in [5.41, 5.74) is 2.19. The number of hydrogen-bond donors (Lipinski definition) is 0. The molecule has 1 unspecified atom stereocenters. The summed E-state index contributed by atoms with van der Waals surface area (Å²) in [6.45, 7) is 3.94. The summed E-state index contributed by atoms with van der Waals surface area (Å²) in [6.07, 6.45) is 4.31. The van der Waals surface area contributed by atoms with Crippen LogP contribution < -0.4 is 0 Å². The third-order valence-corrected chi connectivity index (χ3v) is 2.65. The van der Waals surface area contributed by atoms with Crippen LogP contribution in [-0.4, -0.2) is 4.98 Å². The van der Waals surface area contributed by atoms with E-state index in [0.29, 0.717) is 0 Å². The van der Waals surface area contributed by atoms with Crippen molar-refractivity contribution >= 4 is 0 Å². The van der Waals surface area contributed by atoms with Gasteiger partial charge >= 0.3 is 0 Å². The number of rotatable bonds is 3. The number of hydrogen-bond acceptors (Lipinski definition) is 1. The predicted octanol–water partition coefficient (Wildman–Crippen LogP) is 3.58. The van der Waals surface area contributed by atoms with Crippen LogP contribution in [0.5, 0.6) is 0 Å². The highest BCUT2D eigenvalue weighted by atomic mass is 19.1. The Morgan fingerprint density at radius 3 is 2.44 bits per heavy atom. The molecule has 2 heteroatoms. The highest BCUT2D eigenvalue weighted by Gasteiger charge is 2.11. The maximum atomic E-state index is 12.8. The Morgan fingerprint density at radius 2 is 1.88 bits per heavy atom. The summed E-state index contributed by atoms with van der Waals surface area (Å²) in [7, 11) is 0. The van der Waals surface area contributed by atoms with Gasteiger partial charge in [0.05, 0.1) is 0 Å². The molecule has 0 amide bonds. The Bertz CT molecular complexity index is 436. The van der Waals surface area contributed by atoms with Crippen LogP contribution in [0, 0.1) is 12.7 Å². The molecule has 1 radical (unpaired) electrons. The second-order valence-electron chi connectivity index (χ2n) is 3.68. The molecule has 1 heterocycles. The van der Waals surface area contributed by atoms with E-state index in [-0.39, 0.29) is 11.7 Å². The van der Waals surface area contributed by atoms with Crippen molar-refractivity contribution in [2.75, 3.05) is 0 Å². The summed E-state index contributed by atoms with van der Waals surface area (Å²) >= 11 is 0. The molecular formula is C14H13FN. The molecule has 1 atom stereocenters. The van der Waals surface area contributed by atoms with Gasteiger partial charge < -0.3 is 0 Å². The van der Waals surface area contributed by atoms with Gasteiger partial charge in [-0.2, -0.15) is 0 Å². The summed E-state index contributed by atoms with van der Waals surface area (Å²) in [6, 6.07) is 10.5. The number of halogens is 1. The van der Waals surface area contributed by atoms with E-state index in [1.54, 1.807) is 18.3 Å². The minimum Gasteiger partial charge on any atom is -0.264 e. The SMILES string of the molecule is [CH2]CC(c1ccc(F)cc1)c1cccnc1. The molecule has 0 aliphatic carbocycles. The van der Waals surface area contributed by atoms with E-state index in [4.69, 9.17) is 0 Å². The van der Waals surface area contributed by atoms with E-state index in [2.05, 4.69) is 11.9 Å². The molecule has 2 aromatic rings. The first-order valence-corrected chi connectivity index (χ1v) is 5.26. The molecule has 0 saturated heterocycles. The van der Waals surface area contributed by atoms with Crippen molar-refractivity contribution in [3.8, 4) is 0 Å². The van der Waals surface area contributed by atoms with Gasteiger partial charge in [-0.05, 0) is 35.7 Å². The lowest BCUT2D eigenvalue weighted by Crippen LogP contribution is -2.00. The zero-order valence-electron chi connectivity index (χ0n) is 8.94. The Kier molecular flexibility index (Phi) is 3.30. The first kappa shape index (κ1) is 10.8. The molecule has 0 spiro atoms. The van der Waals surface area contributed by atoms with Crippen LogP contribution in [0.25, 0.3) is 0 Å². The lowest BCUT2D eigenvalue weighted by molar-refractivity contribution is 0.626. The lowest BCUT2D eigenvalue weighted by Gasteiger charge is -2.15. The van der Waals surface area contributed by atoms with Gasteiger partial charge in [-0.25, -0.2) is 4.39 Å². The second-order valence-corrected chi connectivity index (χ2v) is 3.68. The number of pyridine rings is 1. The first-order chi connectivity index (χ1) is 7.81.